The van der Waals surface area contributed by atoms with E-state index in [1.165, 1.54) is 19.2 Å². The largest absolute Gasteiger partial charge is 0.324 e. The Kier molecular flexibility index (Phi) is 6.55. The molecule has 1 N–H and O–H groups in total. The molecule has 35 heavy (non-hydrogen) atoms. The maximum absolute atomic E-state index is 12.9. The highest BCUT2D eigenvalue weighted by Crippen LogP contribution is 2.26. The second kappa shape index (κ2) is 9.72. The van der Waals surface area contributed by atoms with Gasteiger partial charge in [0.05, 0.1) is 11.1 Å². The number of fused-ring (bicyclic) bond motifs is 1. The number of anilines is 3. The van der Waals surface area contributed by atoms with Gasteiger partial charge in [0.15, 0.2) is 0 Å². The van der Waals surface area contributed by atoms with E-state index in [4.69, 9.17) is 0 Å². The number of nitrogens with one attached hydrogen (secondary N) is 1. The van der Waals surface area contributed by atoms with Crippen LogP contribution in [0.25, 0.3) is 22.0 Å². The number of hydrogen-bond donors (Lipinski definition) is 1. The number of likely N-dealkylation sites (N-methyl/N-ethyl adjacent to an activating group) is 1. The van der Waals surface area contributed by atoms with E-state index in [1.54, 1.807) is 17.2 Å². The molecule has 4 rings (SSSR count). The molecule has 4 aromatic rings. The summed E-state index contributed by atoms with van der Waals surface area (Å²) in [5, 5.41) is 3.94. The second-order valence-corrected chi connectivity index (χ2v) is 8.00. The average molecular weight is 468 g/mol. The smallest absolute Gasteiger partial charge is 0.265 e. The quantitative estimate of drug-likeness (QED) is 0.413. The number of nitrogens with zero attached hydrogens (tertiary/aromatic N) is 4. The average Bonchev–Trinajstić information content (AvgIpc) is 2.84. The van der Waals surface area contributed by atoms with Crippen molar-refractivity contribution in [1.29, 1.82) is 0 Å². The minimum atomic E-state index is -0.355. The van der Waals surface area contributed by atoms with Crippen LogP contribution < -0.4 is 15.8 Å². The summed E-state index contributed by atoms with van der Waals surface area (Å²) < 4.78 is 1.10. The molecule has 0 saturated heterocycles. The van der Waals surface area contributed by atoms with Crippen LogP contribution in [-0.4, -0.2) is 32.9 Å². The SMILES string of the molecule is C=CC(=O)N(CC)c1cccc(Nc2ncc3cc(-c4c(C)ccn(C(C)=O)c4=O)ccc3n2)c1. The number of rotatable bonds is 6. The van der Waals surface area contributed by atoms with Crippen molar-refractivity contribution in [1.82, 2.24) is 14.5 Å². The zero-order chi connectivity index (χ0) is 25.1. The summed E-state index contributed by atoms with van der Waals surface area (Å²) in [6.45, 7) is 9.17. The lowest BCUT2D eigenvalue weighted by Crippen LogP contribution is -2.28. The fourth-order valence-corrected chi connectivity index (χ4v) is 3.93. The van der Waals surface area contributed by atoms with Crippen molar-refractivity contribution in [3.63, 3.8) is 0 Å². The molecule has 2 aromatic heterocycles. The minimum Gasteiger partial charge on any atom is -0.324 e. The maximum Gasteiger partial charge on any atom is 0.265 e. The number of amides is 1. The molecule has 0 saturated carbocycles. The molecule has 2 heterocycles. The summed E-state index contributed by atoms with van der Waals surface area (Å²) in [6.07, 6.45) is 4.46. The van der Waals surface area contributed by atoms with E-state index < -0.39 is 0 Å². The first kappa shape index (κ1) is 23.6. The Bertz CT molecular complexity index is 1520. The molecular formula is C27H25N5O3. The van der Waals surface area contributed by atoms with Crippen LogP contribution in [0.4, 0.5) is 17.3 Å². The predicted octanol–water partition coefficient (Wildman–Crippen LogP) is 4.71. The zero-order valence-electron chi connectivity index (χ0n) is 19.8. The van der Waals surface area contributed by atoms with Crippen molar-refractivity contribution in [2.24, 2.45) is 0 Å². The third-order valence-corrected chi connectivity index (χ3v) is 5.68. The molecule has 8 nitrogen and oxygen atoms in total. The summed E-state index contributed by atoms with van der Waals surface area (Å²) in [4.78, 5) is 47.4. The van der Waals surface area contributed by atoms with E-state index in [9.17, 15) is 14.4 Å². The summed E-state index contributed by atoms with van der Waals surface area (Å²) in [7, 11) is 0. The van der Waals surface area contributed by atoms with E-state index >= 15 is 0 Å². The van der Waals surface area contributed by atoms with Gasteiger partial charge in [0.1, 0.15) is 0 Å². The Morgan fingerprint density at radius 2 is 1.97 bits per heavy atom. The summed E-state index contributed by atoms with van der Waals surface area (Å²) in [5.41, 5.74) is 3.76. The molecular weight excluding hydrogens is 442 g/mol. The normalized spacial score (nSPS) is 10.7. The molecule has 0 radical (unpaired) electrons. The Balaban J connectivity index is 1.65. The van der Waals surface area contributed by atoms with Gasteiger partial charge in [0.2, 0.25) is 17.8 Å². The topological polar surface area (TPSA) is 97.2 Å². The monoisotopic (exact) mass is 467 g/mol. The highest BCUT2D eigenvalue weighted by atomic mass is 16.2. The van der Waals surface area contributed by atoms with Gasteiger partial charge in [-0.3, -0.25) is 19.0 Å². The molecule has 0 spiro atoms. The van der Waals surface area contributed by atoms with Gasteiger partial charge < -0.3 is 10.2 Å². The predicted molar refractivity (Wildman–Crippen MR) is 138 cm³/mol. The van der Waals surface area contributed by atoms with Gasteiger partial charge in [-0.05, 0) is 67.4 Å². The number of pyridine rings is 1. The van der Waals surface area contributed by atoms with Crippen LogP contribution in [0, 0.1) is 6.92 Å². The molecule has 0 unspecified atom stereocenters. The lowest BCUT2D eigenvalue weighted by atomic mass is 10.0. The number of carbonyl (C=O) groups excluding carboxylic acids is 2. The highest BCUT2D eigenvalue weighted by molar-refractivity contribution is 6.01. The number of hydrogen-bond acceptors (Lipinski definition) is 6. The lowest BCUT2D eigenvalue weighted by molar-refractivity contribution is -0.114. The van der Waals surface area contributed by atoms with Crippen LogP contribution in [0.1, 0.15) is 24.2 Å². The molecule has 0 atom stereocenters. The second-order valence-electron chi connectivity index (χ2n) is 8.00. The molecule has 2 aromatic carbocycles. The minimum absolute atomic E-state index is 0.175. The van der Waals surface area contributed by atoms with Crippen molar-refractivity contribution < 1.29 is 9.59 Å². The number of carbonyl (C=O) groups is 2. The van der Waals surface area contributed by atoms with Gasteiger partial charge in [0, 0.05) is 42.6 Å². The van der Waals surface area contributed by atoms with Crippen LogP contribution in [-0.2, 0) is 4.79 Å². The fourth-order valence-electron chi connectivity index (χ4n) is 3.93. The van der Waals surface area contributed by atoms with Gasteiger partial charge in [-0.1, -0.05) is 18.7 Å². The van der Waals surface area contributed by atoms with Gasteiger partial charge >= 0.3 is 0 Å². The molecule has 0 aliphatic carbocycles. The lowest BCUT2D eigenvalue weighted by Gasteiger charge is -2.20. The molecule has 0 aliphatic heterocycles. The van der Waals surface area contributed by atoms with Gasteiger partial charge in [0.25, 0.3) is 5.56 Å². The first-order chi connectivity index (χ1) is 16.8. The zero-order valence-corrected chi connectivity index (χ0v) is 19.8. The highest BCUT2D eigenvalue weighted by Gasteiger charge is 2.14. The number of benzene rings is 2. The van der Waals surface area contributed by atoms with Gasteiger partial charge in [-0.25, -0.2) is 9.97 Å². The van der Waals surface area contributed by atoms with E-state index in [1.807, 2.05) is 56.3 Å². The first-order valence-corrected chi connectivity index (χ1v) is 11.1. The standard InChI is InChI=1S/C27H25N5O3/c1-5-24(34)31(6-2)22-9-7-8-21(15-22)29-27-28-16-20-14-19(10-11-23(20)30-27)25-17(3)12-13-32(18(4)33)26(25)35/h5,7-16H,1,6H2,2-4H3,(H,28,29,30). The van der Waals surface area contributed by atoms with Crippen LogP contribution in [0.15, 0.2) is 78.4 Å². The fraction of sp³-hybridized carbons (Fsp3) is 0.148. The molecule has 0 fully saturated rings. The van der Waals surface area contributed by atoms with Crippen molar-refractivity contribution in [2.75, 3.05) is 16.8 Å². The van der Waals surface area contributed by atoms with Crippen LogP contribution in [0.2, 0.25) is 0 Å². The summed E-state index contributed by atoms with van der Waals surface area (Å²) in [6, 6.07) is 14.6. The third-order valence-electron chi connectivity index (χ3n) is 5.68. The molecule has 0 aliphatic rings. The molecule has 8 heteroatoms. The van der Waals surface area contributed by atoms with Crippen molar-refractivity contribution in [3.05, 3.63) is 89.5 Å². The number of aromatic nitrogens is 3. The van der Waals surface area contributed by atoms with E-state index in [0.717, 1.165) is 26.9 Å². The molecule has 1 amide bonds. The van der Waals surface area contributed by atoms with E-state index in [-0.39, 0.29) is 17.4 Å². The summed E-state index contributed by atoms with van der Waals surface area (Å²) in [5.74, 6) is -0.113. The van der Waals surface area contributed by atoms with E-state index in [2.05, 4.69) is 21.9 Å². The third kappa shape index (κ3) is 4.72. The van der Waals surface area contributed by atoms with Gasteiger partial charge in [-0.15, -0.1) is 0 Å². The van der Waals surface area contributed by atoms with Crippen molar-refractivity contribution >= 4 is 40.0 Å². The summed E-state index contributed by atoms with van der Waals surface area (Å²) >= 11 is 0. The van der Waals surface area contributed by atoms with Crippen molar-refractivity contribution in [3.8, 4) is 11.1 Å². The van der Waals surface area contributed by atoms with Crippen LogP contribution >= 0.6 is 0 Å². The Hall–Kier alpha value is -4.59. The molecule has 0 bridgehead atoms. The molecule has 176 valence electrons. The van der Waals surface area contributed by atoms with Gasteiger partial charge in [-0.2, -0.15) is 0 Å². The van der Waals surface area contributed by atoms with Crippen LogP contribution in [0.3, 0.4) is 0 Å². The van der Waals surface area contributed by atoms with E-state index in [0.29, 0.717) is 29.1 Å². The Morgan fingerprint density at radius 1 is 1.17 bits per heavy atom. The number of aryl methyl sites for hydroxylation is 1. The maximum atomic E-state index is 12.9. The first-order valence-electron chi connectivity index (χ1n) is 11.1. The van der Waals surface area contributed by atoms with Crippen LogP contribution in [0.5, 0.6) is 0 Å². The Labute approximate surface area is 202 Å². The Morgan fingerprint density at radius 3 is 2.69 bits per heavy atom. The van der Waals surface area contributed by atoms with Crippen molar-refractivity contribution in [2.45, 2.75) is 20.8 Å².